The molecule has 3 aromatic carbocycles. The van der Waals surface area contributed by atoms with Crippen LogP contribution in [0.2, 0.25) is 0 Å². The highest BCUT2D eigenvalue weighted by atomic mass is 32.2. The van der Waals surface area contributed by atoms with Gasteiger partial charge < -0.3 is 4.74 Å². The van der Waals surface area contributed by atoms with Gasteiger partial charge in [0.1, 0.15) is 10.6 Å². The Morgan fingerprint density at radius 2 is 1.78 bits per heavy atom. The average molecular weight is 468 g/mol. The minimum absolute atomic E-state index is 0.0753. The molecule has 164 valence electrons. The third-order valence-corrected chi connectivity index (χ3v) is 7.55. The van der Waals surface area contributed by atoms with Gasteiger partial charge in [-0.2, -0.15) is 0 Å². The molecular weight excluding hydrogens is 446 g/mol. The standard InChI is InChI=1S/C23H21N3O4S2/c1-26(2)32(28,29)21-13-18(10-11-20(21)30-3)22(27)25-23-24-19(14-31-23)17-9-8-15-6-4-5-7-16(15)12-17/h4-14H,1-3H3,(H,24,25,27). The fraction of sp³-hybridized carbons (Fsp3) is 0.130. The van der Waals surface area contributed by atoms with Gasteiger partial charge in [0.25, 0.3) is 5.91 Å². The highest BCUT2D eigenvalue weighted by Gasteiger charge is 2.24. The lowest BCUT2D eigenvalue weighted by Gasteiger charge is -2.15. The Morgan fingerprint density at radius 1 is 1.03 bits per heavy atom. The van der Waals surface area contributed by atoms with Crippen molar-refractivity contribution < 1.29 is 17.9 Å². The number of ether oxygens (including phenoxy) is 1. The number of sulfonamides is 1. The van der Waals surface area contributed by atoms with E-state index in [1.54, 1.807) is 0 Å². The summed E-state index contributed by atoms with van der Waals surface area (Å²) in [5.74, 6) is -0.287. The first-order valence-electron chi connectivity index (χ1n) is 9.66. The van der Waals surface area contributed by atoms with Gasteiger partial charge >= 0.3 is 0 Å². The number of anilines is 1. The number of fused-ring (bicyclic) bond motifs is 1. The van der Waals surface area contributed by atoms with Crippen molar-refractivity contribution in [3.8, 4) is 17.0 Å². The molecule has 0 bridgehead atoms. The number of rotatable bonds is 6. The molecule has 4 rings (SSSR count). The van der Waals surface area contributed by atoms with E-state index in [1.807, 2.05) is 41.8 Å². The van der Waals surface area contributed by atoms with Crippen LogP contribution >= 0.6 is 11.3 Å². The fourth-order valence-corrected chi connectivity index (χ4v) is 4.99. The van der Waals surface area contributed by atoms with Crippen LogP contribution in [-0.4, -0.2) is 44.8 Å². The summed E-state index contributed by atoms with van der Waals surface area (Å²) in [6, 6.07) is 18.4. The molecule has 0 atom stereocenters. The first kappa shape index (κ1) is 21.9. The summed E-state index contributed by atoms with van der Waals surface area (Å²) in [6.07, 6.45) is 0. The topological polar surface area (TPSA) is 88.6 Å². The molecule has 1 heterocycles. The minimum Gasteiger partial charge on any atom is -0.495 e. The molecule has 0 unspecified atom stereocenters. The Balaban J connectivity index is 1.59. The Labute approximate surface area is 190 Å². The molecule has 0 saturated carbocycles. The molecule has 0 aliphatic heterocycles. The van der Waals surface area contributed by atoms with Gasteiger partial charge in [0.2, 0.25) is 10.0 Å². The minimum atomic E-state index is -3.78. The summed E-state index contributed by atoms with van der Waals surface area (Å²) < 4.78 is 31.4. The van der Waals surface area contributed by atoms with Crippen LogP contribution in [0.3, 0.4) is 0 Å². The molecule has 7 nitrogen and oxygen atoms in total. The molecule has 0 spiro atoms. The molecule has 0 radical (unpaired) electrons. The van der Waals surface area contributed by atoms with Crippen molar-refractivity contribution in [2.75, 3.05) is 26.5 Å². The quantitative estimate of drug-likeness (QED) is 0.452. The highest BCUT2D eigenvalue weighted by Crippen LogP contribution is 2.30. The predicted molar refractivity (Wildman–Crippen MR) is 127 cm³/mol. The van der Waals surface area contributed by atoms with Crippen LogP contribution in [0, 0.1) is 0 Å². The number of hydrogen-bond donors (Lipinski definition) is 1. The molecule has 1 aromatic heterocycles. The lowest BCUT2D eigenvalue weighted by atomic mass is 10.1. The van der Waals surface area contributed by atoms with E-state index in [4.69, 9.17) is 4.74 Å². The molecule has 0 aliphatic rings. The number of carbonyl (C=O) groups is 1. The predicted octanol–water partition coefficient (Wildman–Crippen LogP) is 4.47. The fourth-order valence-electron chi connectivity index (χ4n) is 3.20. The van der Waals surface area contributed by atoms with E-state index >= 15 is 0 Å². The molecule has 1 amide bonds. The number of thiazole rings is 1. The van der Waals surface area contributed by atoms with Crippen molar-refractivity contribution in [3.05, 3.63) is 71.6 Å². The Kier molecular flexibility index (Phi) is 5.96. The Morgan fingerprint density at radius 3 is 2.50 bits per heavy atom. The van der Waals surface area contributed by atoms with E-state index in [9.17, 15) is 13.2 Å². The Hall–Kier alpha value is -3.27. The van der Waals surface area contributed by atoms with Crippen LogP contribution in [0.5, 0.6) is 5.75 Å². The van der Waals surface area contributed by atoms with Gasteiger partial charge in [0, 0.05) is 30.6 Å². The second-order valence-corrected chi connectivity index (χ2v) is 10.2. The smallest absolute Gasteiger partial charge is 0.257 e. The third-order valence-electron chi connectivity index (χ3n) is 4.95. The van der Waals surface area contributed by atoms with E-state index in [0.29, 0.717) is 5.13 Å². The van der Waals surface area contributed by atoms with Crippen LogP contribution < -0.4 is 10.1 Å². The number of aromatic nitrogens is 1. The summed E-state index contributed by atoms with van der Waals surface area (Å²) in [5.41, 5.74) is 1.89. The SMILES string of the molecule is COc1ccc(C(=O)Nc2nc(-c3ccc4ccccc4c3)cs2)cc1S(=O)(=O)N(C)C. The average Bonchev–Trinajstić information content (AvgIpc) is 3.26. The van der Waals surface area contributed by atoms with Gasteiger partial charge in [-0.3, -0.25) is 10.1 Å². The maximum atomic E-state index is 12.8. The van der Waals surface area contributed by atoms with E-state index in [0.717, 1.165) is 26.3 Å². The Bertz CT molecular complexity index is 1410. The van der Waals surface area contributed by atoms with Crippen LogP contribution in [0.15, 0.2) is 70.9 Å². The van der Waals surface area contributed by atoms with Gasteiger partial charge in [0.05, 0.1) is 12.8 Å². The van der Waals surface area contributed by atoms with Gasteiger partial charge in [-0.15, -0.1) is 11.3 Å². The zero-order valence-corrected chi connectivity index (χ0v) is 19.3. The molecule has 0 fully saturated rings. The summed E-state index contributed by atoms with van der Waals surface area (Å²) in [6.45, 7) is 0. The third kappa shape index (κ3) is 4.22. The van der Waals surface area contributed by atoms with Crippen molar-refractivity contribution in [3.63, 3.8) is 0 Å². The van der Waals surface area contributed by atoms with E-state index in [1.165, 1.54) is 50.7 Å². The summed E-state index contributed by atoms with van der Waals surface area (Å²) >= 11 is 1.30. The largest absolute Gasteiger partial charge is 0.495 e. The zero-order valence-electron chi connectivity index (χ0n) is 17.7. The molecule has 4 aromatic rings. The van der Waals surface area contributed by atoms with E-state index in [2.05, 4.69) is 16.4 Å². The monoisotopic (exact) mass is 467 g/mol. The highest BCUT2D eigenvalue weighted by molar-refractivity contribution is 7.89. The number of methoxy groups -OCH3 is 1. The molecule has 1 N–H and O–H groups in total. The molecule has 0 saturated heterocycles. The lowest BCUT2D eigenvalue weighted by molar-refractivity contribution is 0.102. The summed E-state index contributed by atoms with van der Waals surface area (Å²) in [5, 5.41) is 7.29. The normalized spacial score (nSPS) is 11.6. The van der Waals surface area contributed by atoms with Crippen LogP contribution in [0.1, 0.15) is 10.4 Å². The molecule has 32 heavy (non-hydrogen) atoms. The van der Waals surface area contributed by atoms with Crippen molar-refractivity contribution in [2.45, 2.75) is 4.90 Å². The van der Waals surface area contributed by atoms with Crippen molar-refractivity contribution in [1.29, 1.82) is 0 Å². The lowest BCUT2D eigenvalue weighted by Crippen LogP contribution is -2.23. The van der Waals surface area contributed by atoms with Crippen LogP contribution in [-0.2, 0) is 10.0 Å². The molecule has 9 heteroatoms. The van der Waals surface area contributed by atoms with Gasteiger partial charge in [-0.05, 0) is 35.0 Å². The van der Waals surface area contributed by atoms with Crippen molar-refractivity contribution in [2.24, 2.45) is 0 Å². The first-order chi connectivity index (χ1) is 15.3. The second kappa shape index (κ2) is 8.70. The van der Waals surface area contributed by atoms with Crippen molar-refractivity contribution in [1.82, 2.24) is 9.29 Å². The molecular formula is C23H21N3O4S2. The maximum Gasteiger partial charge on any atom is 0.257 e. The van der Waals surface area contributed by atoms with Gasteiger partial charge in [0.15, 0.2) is 5.13 Å². The maximum absolute atomic E-state index is 12.8. The second-order valence-electron chi connectivity index (χ2n) is 7.21. The number of nitrogens with zero attached hydrogens (tertiary/aromatic N) is 2. The summed E-state index contributed by atoms with van der Waals surface area (Å²) in [4.78, 5) is 17.2. The van der Waals surface area contributed by atoms with E-state index in [-0.39, 0.29) is 16.2 Å². The number of amides is 1. The summed E-state index contributed by atoms with van der Waals surface area (Å²) in [7, 11) is 0.444. The number of hydrogen-bond acceptors (Lipinski definition) is 6. The first-order valence-corrected chi connectivity index (χ1v) is 12.0. The van der Waals surface area contributed by atoms with Crippen molar-refractivity contribution >= 4 is 43.2 Å². The number of nitrogens with one attached hydrogen (secondary N) is 1. The zero-order chi connectivity index (χ0) is 22.9. The van der Waals surface area contributed by atoms with Crippen LogP contribution in [0.4, 0.5) is 5.13 Å². The van der Waals surface area contributed by atoms with Gasteiger partial charge in [-0.1, -0.05) is 36.4 Å². The molecule has 0 aliphatic carbocycles. The number of benzene rings is 3. The van der Waals surface area contributed by atoms with Gasteiger partial charge in [-0.25, -0.2) is 17.7 Å². The van der Waals surface area contributed by atoms with Crippen LogP contribution in [0.25, 0.3) is 22.0 Å². The van der Waals surface area contributed by atoms with E-state index < -0.39 is 15.9 Å². The number of carbonyl (C=O) groups excluding carboxylic acids is 1.